The van der Waals surface area contributed by atoms with E-state index in [4.69, 9.17) is 9.72 Å². The normalized spacial score (nSPS) is 12.3. The van der Waals surface area contributed by atoms with E-state index in [9.17, 15) is 0 Å². The zero-order chi connectivity index (χ0) is 20.9. The highest BCUT2D eigenvalue weighted by atomic mass is 16.5. The highest BCUT2D eigenvalue weighted by Gasteiger charge is 2.21. The molecule has 0 bridgehead atoms. The Morgan fingerprint density at radius 3 is 2.00 bits per heavy atom. The van der Waals surface area contributed by atoms with Crippen molar-refractivity contribution >= 4 is 0 Å². The number of ether oxygens (including phenoxy) is 1. The summed E-state index contributed by atoms with van der Waals surface area (Å²) in [4.78, 5) is 4.73. The molecule has 0 aliphatic carbocycles. The minimum Gasteiger partial charge on any atom is -0.456 e. The number of benzene rings is 3. The quantitative estimate of drug-likeness (QED) is 0.291. The largest absolute Gasteiger partial charge is 0.456 e. The standard InChI is InChI=1S/C28H25NO/c1-18-9-12-23-21-7-5-6-8-22(21)24-13-10-19(16-27(24)30-26(23)15-18)25-14-11-20(17-29-25)28(2,3)4/h5-17H,1-4H3. The predicted octanol–water partition coefficient (Wildman–Crippen LogP) is 7.79. The molecule has 2 heteroatoms. The molecule has 0 saturated heterocycles. The van der Waals surface area contributed by atoms with Crippen molar-refractivity contribution in [2.24, 2.45) is 0 Å². The van der Waals surface area contributed by atoms with Gasteiger partial charge in [-0.1, -0.05) is 69.3 Å². The molecule has 2 nitrogen and oxygen atoms in total. The molecule has 0 N–H and O–H groups in total. The molecule has 0 atom stereocenters. The van der Waals surface area contributed by atoms with E-state index >= 15 is 0 Å². The van der Waals surface area contributed by atoms with E-state index in [1.165, 1.54) is 22.3 Å². The second kappa shape index (κ2) is 6.84. The summed E-state index contributed by atoms with van der Waals surface area (Å²) in [6.45, 7) is 8.71. The Hall–Kier alpha value is -3.39. The van der Waals surface area contributed by atoms with Crippen LogP contribution in [0.15, 0.2) is 79.0 Å². The molecule has 3 aromatic carbocycles. The van der Waals surface area contributed by atoms with Crippen molar-refractivity contribution in [1.29, 1.82) is 0 Å². The second-order valence-corrected chi connectivity index (χ2v) is 9.04. The zero-order valence-corrected chi connectivity index (χ0v) is 17.9. The van der Waals surface area contributed by atoms with Crippen LogP contribution in [0.25, 0.3) is 33.5 Å². The first kappa shape index (κ1) is 18.6. The van der Waals surface area contributed by atoms with Gasteiger partial charge >= 0.3 is 0 Å². The fourth-order valence-electron chi connectivity index (χ4n) is 4.00. The maximum atomic E-state index is 6.48. The van der Waals surface area contributed by atoms with Crippen LogP contribution in [0, 0.1) is 6.92 Å². The summed E-state index contributed by atoms with van der Waals surface area (Å²) >= 11 is 0. The van der Waals surface area contributed by atoms with Crippen LogP contribution in [0.1, 0.15) is 31.9 Å². The number of aryl methyl sites for hydroxylation is 1. The lowest BCUT2D eigenvalue weighted by atomic mass is 9.88. The first-order chi connectivity index (χ1) is 14.4. The van der Waals surface area contributed by atoms with Crippen LogP contribution in [0.2, 0.25) is 0 Å². The van der Waals surface area contributed by atoms with Gasteiger partial charge in [0.1, 0.15) is 11.5 Å². The Morgan fingerprint density at radius 2 is 1.37 bits per heavy atom. The summed E-state index contributed by atoms with van der Waals surface area (Å²) in [5.74, 6) is 1.76. The lowest BCUT2D eigenvalue weighted by Gasteiger charge is -2.18. The highest BCUT2D eigenvalue weighted by molar-refractivity contribution is 5.91. The number of hydrogen-bond acceptors (Lipinski definition) is 2. The third-order valence-electron chi connectivity index (χ3n) is 5.77. The Morgan fingerprint density at radius 1 is 0.700 bits per heavy atom. The summed E-state index contributed by atoms with van der Waals surface area (Å²) in [6, 6.07) is 25.6. The maximum absolute atomic E-state index is 6.48. The van der Waals surface area contributed by atoms with Crippen LogP contribution >= 0.6 is 0 Å². The number of hydrogen-bond donors (Lipinski definition) is 0. The van der Waals surface area contributed by atoms with Gasteiger partial charge in [-0.3, -0.25) is 4.98 Å². The summed E-state index contributed by atoms with van der Waals surface area (Å²) in [7, 11) is 0. The van der Waals surface area contributed by atoms with Crippen LogP contribution in [0.3, 0.4) is 0 Å². The van der Waals surface area contributed by atoms with E-state index in [1.54, 1.807) is 0 Å². The Kier molecular flexibility index (Phi) is 4.25. The van der Waals surface area contributed by atoms with Crippen LogP contribution in [-0.2, 0) is 5.41 Å². The molecule has 0 fully saturated rings. The molecule has 1 aliphatic rings. The third-order valence-corrected chi connectivity index (χ3v) is 5.77. The number of aromatic nitrogens is 1. The smallest absolute Gasteiger partial charge is 0.135 e. The van der Waals surface area contributed by atoms with Gasteiger partial charge in [0, 0.05) is 22.9 Å². The summed E-state index contributed by atoms with van der Waals surface area (Å²) in [6.07, 6.45) is 1.98. The van der Waals surface area contributed by atoms with Crippen molar-refractivity contribution in [2.75, 3.05) is 0 Å². The average molecular weight is 392 g/mol. The van der Waals surface area contributed by atoms with Gasteiger partial charge in [-0.25, -0.2) is 0 Å². The van der Waals surface area contributed by atoms with E-state index in [-0.39, 0.29) is 5.41 Å². The van der Waals surface area contributed by atoms with Gasteiger partial charge in [-0.15, -0.1) is 0 Å². The number of nitrogens with zero attached hydrogens (tertiary/aromatic N) is 1. The Balaban J connectivity index is 1.65. The van der Waals surface area contributed by atoms with E-state index < -0.39 is 0 Å². The van der Waals surface area contributed by atoms with Gasteiger partial charge < -0.3 is 4.74 Å². The van der Waals surface area contributed by atoms with E-state index in [0.717, 1.165) is 33.9 Å². The van der Waals surface area contributed by atoms with Crippen LogP contribution in [-0.4, -0.2) is 4.98 Å². The van der Waals surface area contributed by atoms with Crippen molar-refractivity contribution in [1.82, 2.24) is 4.98 Å². The lowest BCUT2D eigenvalue weighted by molar-refractivity contribution is 0.487. The average Bonchev–Trinajstić information content (AvgIpc) is 2.86. The van der Waals surface area contributed by atoms with E-state index in [1.807, 2.05) is 6.20 Å². The minimum atomic E-state index is 0.0910. The van der Waals surface area contributed by atoms with Crippen LogP contribution in [0.5, 0.6) is 11.5 Å². The van der Waals surface area contributed by atoms with Gasteiger partial charge in [0.05, 0.1) is 5.69 Å². The van der Waals surface area contributed by atoms with Gasteiger partial charge in [0.25, 0.3) is 0 Å². The van der Waals surface area contributed by atoms with E-state index in [2.05, 4.69) is 100 Å². The number of rotatable bonds is 1. The first-order valence-electron chi connectivity index (χ1n) is 10.4. The highest BCUT2D eigenvalue weighted by Crippen LogP contribution is 2.47. The molecule has 5 rings (SSSR count). The number of fused-ring (bicyclic) bond motifs is 5. The monoisotopic (exact) mass is 391 g/mol. The lowest BCUT2D eigenvalue weighted by Crippen LogP contribution is -2.11. The number of pyridine rings is 1. The van der Waals surface area contributed by atoms with Gasteiger partial charge in [0.2, 0.25) is 0 Å². The molecule has 0 saturated carbocycles. The fourth-order valence-corrected chi connectivity index (χ4v) is 4.00. The molecular formula is C28H25NO. The molecule has 30 heavy (non-hydrogen) atoms. The molecule has 1 aromatic heterocycles. The van der Waals surface area contributed by atoms with Gasteiger partial charge in [-0.2, -0.15) is 0 Å². The van der Waals surface area contributed by atoms with Crippen molar-refractivity contribution in [3.63, 3.8) is 0 Å². The fraction of sp³-hybridized carbons (Fsp3) is 0.179. The molecule has 0 amide bonds. The summed E-state index contributed by atoms with van der Waals surface area (Å²) < 4.78 is 6.48. The molecule has 0 unspecified atom stereocenters. The third kappa shape index (κ3) is 3.19. The molecule has 4 aromatic rings. The van der Waals surface area contributed by atoms with Crippen molar-refractivity contribution < 1.29 is 4.74 Å². The Labute approximate surface area is 178 Å². The van der Waals surface area contributed by atoms with Crippen LogP contribution < -0.4 is 4.74 Å². The molecule has 2 heterocycles. The van der Waals surface area contributed by atoms with E-state index in [0.29, 0.717) is 0 Å². The minimum absolute atomic E-state index is 0.0910. The molecular weight excluding hydrogens is 366 g/mol. The molecule has 0 spiro atoms. The predicted molar refractivity (Wildman–Crippen MR) is 124 cm³/mol. The SMILES string of the molecule is Cc1ccc2c(c1)Oc1cc(-c3ccc(C(C)(C)C)cn3)ccc1-c1ccccc1-2. The second-order valence-electron chi connectivity index (χ2n) is 9.04. The molecule has 1 aliphatic heterocycles. The molecule has 148 valence electrons. The van der Waals surface area contributed by atoms with Crippen molar-refractivity contribution in [3.8, 4) is 45.0 Å². The van der Waals surface area contributed by atoms with Crippen LogP contribution in [0.4, 0.5) is 0 Å². The van der Waals surface area contributed by atoms with Crippen molar-refractivity contribution in [2.45, 2.75) is 33.1 Å². The summed E-state index contributed by atoms with van der Waals surface area (Å²) in [5.41, 5.74) is 9.15. The maximum Gasteiger partial charge on any atom is 0.135 e. The van der Waals surface area contributed by atoms with Gasteiger partial charge in [-0.05, 0) is 58.9 Å². The molecule has 0 radical (unpaired) electrons. The van der Waals surface area contributed by atoms with Gasteiger partial charge in [0.15, 0.2) is 0 Å². The topological polar surface area (TPSA) is 22.1 Å². The zero-order valence-electron chi connectivity index (χ0n) is 17.9. The first-order valence-corrected chi connectivity index (χ1v) is 10.4. The Bertz CT molecular complexity index is 1250. The van der Waals surface area contributed by atoms with Crippen molar-refractivity contribution in [3.05, 3.63) is 90.1 Å². The summed E-state index contributed by atoms with van der Waals surface area (Å²) in [5, 5.41) is 0.